The van der Waals surface area contributed by atoms with Crippen molar-refractivity contribution in [3.8, 4) is 0 Å². The Morgan fingerprint density at radius 3 is 2.52 bits per heavy atom. The molecule has 1 amide bonds. The van der Waals surface area contributed by atoms with Crippen molar-refractivity contribution in [3.05, 3.63) is 17.5 Å². The average Bonchev–Trinajstić information content (AvgIpc) is 3.42. The van der Waals surface area contributed by atoms with Crippen LogP contribution in [0, 0.1) is 5.92 Å². The number of amides is 1. The predicted octanol–water partition coefficient (Wildman–Crippen LogP) is 2.94. The lowest BCUT2D eigenvalue weighted by atomic mass is 10.1. The molecule has 1 N–H and O–H groups in total. The van der Waals surface area contributed by atoms with Crippen LogP contribution in [0.3, 0.4) is 0 Å². The molecule has 0 bridgehead atoms. The Morgan fingerprint density at radius 2 is 1.86 bits per heavy atom. The van der Waals surface area contributed by atoms with Crippen molar-refractivity contribution in [1.82, 2.24) is 15.1 Å². The van der Waals surface area contributed by atoms with Gasteiger partial charge < -0.3 is 5.32 Å². The molecule has 3 aliphatic rings. The van der Waals surface area contributed by atoms with Crippen LogP contribution < -0.4 is 5.32 Å². The summed E-state index contributed by atoms with van der Waals surface area (Å²) in [6.07, 6.45) is 9.81. The van der Waals surface area contributed by atoms with E-state index in [1.165, 1.54) is 49.9 Å². The highest BCUT2D eigenvalue weighted by Gasteiger charge is 2.32. The first-order valence-electron chi connectivity index (χ1n) is 8.66. The van der Waals surface area contributed by atoms with E-state index in [0.717, 1.165) is 37.8 Å². The van der Waals surface area contributed by atoms with Gasteiger partial charge in [0.15, 0.2) is 0 Å². The summed E-state index contributed by atoms with van der Waals surface area (Å²) in [5.41, 5.74) is 2.70. The molecule has 1 aromatic rings. The van der Waals surface area contributed by atoms with Crippen molar-refractivity contribution >= 4 is 5.91 Å². The topological polar surface area (TPSA) is 46.9 Å². The smallest absolute Gasteiger partial charge is 0.223 e. The molecule has 4 heteroatoms. The molecule has 114 valence electrons. The van der Waals surface area contributed by atoms with Crippen LogP contribution in [-0.4, -0.2) is 22.2 Å². The van der Waals surface area contributed by atoms with E-state index in [1.807, 2.05) is 0 Å². The van der Waals surface area contributed by atoms with Crippen molar-refractivity contribution in [3.63, 3.8) is 0 Å². The number of hydrogen-bond acceptors (Lipinski definition) is 2. The fourth-order valence-corrected chi connectivity index (χ4v) is 3.53. The zero-order valence-electron chi connectivity index (χ0n) is 12.7. The first-order chi connectivity index (χ1) is 10.3. The standard InChI is InChI=1S/C17H25N3O/c21-17(14-3-1-2-4-14)18-9-10-20-16(13-7-8-13)11-15(19-20)12-5-6-12/h11-14H,1-10H2,(H,18,21). The molecule has 0 atom stereocenters. The molecule has 0 saturated heterocycles. The minimum Gasteiger partial charge on any atom is -0.354 e. The van der Waals surface area contributed by atoms with Gasteiger partial charge in [-0.25, -0.2) is 0 Å². The van der Waals surface area contributed by atoms with Gasteiger partial charge in [0.1, 0.15) is 0 Å². The Hall–Kier alpha value is -1.32. The summed E-state index contributed by atoms with van der Waals surface area (Å²) in [6.45, 7) is 1.55. The maximum atomic E-state index is 12.0. The van der Waals surface area contributed by atoms with Gasteiger partial charge in [0.05, 0.1) is 12.2 Å². The van der Waals surface area contributed by atoms with Crippen LogP contribution in [0.4, 0.5) is 0 Å². The minimum atomic E-state index is 0.259. The van der Waals surface area contributed by atoms with Crippen LogP contribution >= 0.6 is 0 Å². The van der Waals surface area contributed by atoms with Crippen molar-refractivity contribution in [2.75, 3.05) is 6.54 Å². The quantitative estimate of drug-likeness (QED) is 0.874. The van der Waals surface area contributed by atoms with E-state index in [4.69, 9.17) is 5.10 Å². The van der Waals surface area contributed by atoms with E-state index >= 15 is 0 Å². The lowest BCUT2D eigenvalue weighted by Gasteiger charge is -2.11. The second kappa shape index (κ2) is 5.47. The molecule has 4 rings (SSSR count). The highest BCUT2D eigenvalue weighted by Crippen LogP contribution is 2.44. The van der Waals surface area contributed by atoms with Crippen LogP contribution in [0.25, 0.3) is 0 Å². The third kappa shape index (κ3) is 2.99. The molecule has 1 heterocycles. The molecule has 0 aliphatic heterocycles. The molecule has 3 saturated carbocycles. The number of nitrogens with zero attached hydrogens (tertiary/aromatic N) is 2. The van der Waals surface area contributed by atoms with E-state index < -0.39 is 0 Å². The number of aromatic nitrogens is 2. The number of carbonyl (C=O) groups is 1. The Bertz CT molecular complexity index is 522. The SMILES string of the molecule is O=C(NCCn1nc(C2CC2)cc1C1CC1)C1CCCC1. The van der Waals surface area contributed by atoms with Crippen LogP contribution in [0.15, 0.2) is 6.07 Å². The van der Waals surface area contributed by atoms with Crippen molar-refractivity contribution in [2.45, 2.75) is 69.7 Å². The van der Waals surface area contributed by atoms with Gasteiger partial charge in [-0.1, -0.05) is 12.8 Å². The molecule has 4 nitrogen and oxygen atoms in total. The first kappa shape index (κ1) is 13.4. The van der Waals surface area contributed by atoms with E-state index in [0.29, 0.717) is 0 Å². The lowest BCUT2D eigenvalue weighted by molar-refractivity contribution is -0.124. The summed E-state index contributed by atoms with van der Waals surface area (Å²) in [5, 5.41) is 7.91. The Kier molecular flexibility index (Phi) is 3.48. The van der Waals surface area contributed by atoms with Gasteiger partial charge in [0.2, 0.25) is 5.91 Å². The minimum absolute atomic E-state index is 0.259. The Morgan fingerprint density at radius 1 is 1.14 bits per heavy atom. The summed E-state index contributed by atoms with van der Waals surface area (Å²) in [6, 6.07) is 2.33. The van der Waals surface area contributed by atoms with Crippen molar-refractivity contribution in [2.24, 2.45) is 5.92 Å². The molecule has 0 spiro atoms. The predicted molar refractivity (Wildman–Crippen MR) is 81.1 cm³/mol. The fourth-order valence-electron chi connectivity index (χ4n) is 3.53. The molecule has 1 aromatic heterocycles. The summed E-state index contributed by atoms with van der Waals surface area (Å²) in [5.74, 6) is 1.98. The van der Waals surface area contributed by atoms with Crippen LogP contribution in [-0.2, 0) is 11.3 Å². The lowest BCUT2D eigenvalue weighted by Crippen LogP contribution is -2.32. The van der Waals surface area contributed by atoms with Gasteiger partial charge in [-0.3, -0.25) is 9.48 Å². The second-order valence-electron chi connectivity index (χ2n) is 7.04. The molecule has 0 unspecified atom stereocenters. The molecule has 0 aromatic carbocycles. The maximum Gasteiger partial charge on any atom is 0.223 e. The van der Waals surface area contributed by atoms with Gasteiger partial charge in [0.25, 0.3) is 0 Å². The maximum absolute atomic E-state index is 12.0. The van der Waals surface area contributed by atoms with Gasteiger partial charge in [-0.2, -0.15) is 5.10 Å². The number of carbonyl (C=O) groups excluding carboxylic acids is 1. The molecule has 3 fully saturated rings. The summed E-state index contributed by atoms with van der Waals surface area (Å²) in [7, 11) is 0. The summed E-state index contributed by atoms with van der Waals surface area (Å²) >= 11 is 0. The second-order valence-corrected chi connectivity index (χ2v) is 7.04. The largest absolute Gasteiger partial charge is 0.354 e. The number of rotatable bonds is 6. The third-order valence-corrected chi connectivity index (χ3v) is 5.17. The van der Waals surface area contributed by atoms with Gasteiger partial charge in [-0.05, 0) is 44.6 Å². The van der Waals surface area contributed by atoms with Crippen molar-refractivity contribution in [1.29, 1.82) is 0 Å². The van der Waals surface area contributed by atoms with E-state index in [1.54, 1.807) is 0 Å². The molecular formula is C17H25N3O. The highest BCUT2D eigenvalue weighted by molar-refractivity contribution is 5.78. The van der Waals surface area contributed by atoms with Crippen molar-refractivity contribution < 1.29 is 4.79 Å². The average molecular weight is 287 g/mol. The zero-order chi connectivity index (χ0) is 14.2. The van der Waals surface area contributed by atoms with Gasteiger partial charge in [0, 0.05) is 30.0 Å². The first-order valence-corrected chi connectivity index (χ1v) is 8.66. The van der Waals surface area contributed by atoms with E-state index in [9.17, 15) is 4.79 Å². The zero-order valence-corrected chi connectivity index (χ0v) is 12.7. The third-order valence-electron chi connectivity index (χ3n) is 5.17. The Labute approximate surface area is 126 Å². The Balaban J connectivity index is 1.34. The monoisotopic (exact) mass is 287 g/mol. The van der Waals surface area contributed by atoms with E-state index in [2.05, 4.69) is 16.1 Å². The van der Waals surface area contributed by atoms with Crippen LogP contribution in [0.5, 0.6) is 0 Å². The number of nitrogens with one attached hydrogen (secondary N) is 1. The molecular weight excluding hydrogens is 262 g/mol. The van der Waals surface area contributed by atoms with Crippen LogP contribution in [0.1, 0.15) is 74.6 Å². The van der Waals surface area contributed by atoms with Gasteiger partial charge in [-0.15, -0.1) is 0 Å². The van der Waals surface area contributed by atoms with E-state index in [-0.39, 0.29) is 11.8 Å². The summed E-state index contributed by atoms with van der Waals surface area (Å²) in [4.78, 5) is 12.0. The normalized spacial score (nSPS) is 22.7. The molecule has 0 radical (unpaired) electrons. The molecule has 3 aliphatic carbocycles. The van der Waals surface area contributed by atoms with Crippen LogP contribution in [0.2, 0.25) is 0 Å². The highest BCUT2D eigenvalue weighted by atomic mass is 16.1. The number of hydrogen-bond donors (Lipinski definition) is 1. The molecule has 21 heavy (non-hydrogen) atoms. The van der Waals surface area contributed by atoms with Gasteiger partial charge >= 0.3 is 0 Å². The fraction of sp³-hybridized carbons (Fsp3) is 0.765. The summed E-state index contributed by atoms with van der Waals surface area (Å²) < 4.78 is 2.17.